The number of carbonyl (C=O) groups is 3. The van der Waals surface area contributed by atoms with Gasteiger partial charge < -0.3 is 24.3 Å². The van der Waals surface area contributed by atoms with E-state index in [0.717, 1.165) is 50.1 Å². The van der Waals surface area contributed by atoms with Crippen LogP contribution in [0.25, 0.3) is 0 Å². The van der Waals surface area contributed by atoms with Gasteiger partial charge >= 0.3 is 0 Å². The van der Waals surface area contributed by atoms with Gasteiger partial charge in [-0.2, -0.15) is 0 Å². The Morgan fingerprint density at radius 3 is 2.54 bits per heavy atom. The minimum atomic E-state index is 0.110. The molecule has 212 valence electrons. The second kappa shape index (κ2) is 13.0. The van der Waals surface area contributed by atoms with Gasteiger partial charge in [0, 0.05) is 63.8 Å². The highest BCUT2D eigenvalue weighted by molar-refractivity contribution is 5.79. The molecule has 2 atom stereocenters. The SMILES string of the molecule is CN1CCC(N2CC(=O)N3CC[C@@H](CC(=O)N4CCN(C=O)CC4)[C@@H](/C=C\COc4ccccc4C2)C3)CC1. The summed E-state index contributed by atoms with van der Waals surface area (Å²) in [4.78, 5) is 48.3. The van der Waals surface area contributed by atoms with Crippen LogP contribution in [0.4, 0.5) is 0 Å². The number of para-hydroxylation sites is 1. The summed E-state index contributed by atoms with van der Waals surface area (Å²) in [5, 5.41) is 0. The lowest BCUT2D eigenvalue weighted by Gasteiger charge is -2.41. The molecule has 3 amide bonds. The average Bonchev–Trinajstić information content (AvgIpc) is 2.97. The molecule has 39 heavy (non-hydrogen) atoms. The van der Waals surface area contributed by atoms with Crippen molar-refractivity contribution >= 4 is 18.2 Å². The van der Waals surface area contributed by atoms with Gasteiger partial charge in [0.2, 0.25) is 18.2 Å². The van der Waals surface area contributed by atoms with E-state index in [-0.39, 0.29) is 23.7 Å². The molecule has 9 heteroatoms. The Labute approximate surface area is 232 Å². The highest BCUT2D eigenvalue weighted by Gasteiger charge is 2.34. The van der Waals surface area contributed by atoms with Crippen molar-refractivity contribution in [1.82, 2.24) is 24.5 Å². The van der Waals surface area contributed by atoms with Crippen LogP contribution in [0.5, 0.6) is 5.75 Å². The molecule has 4 aliphatic rings. The fourth-order valence-electron chi connectivity index (χ4n) is 6.47. The smallest absolute Gasteiger partial charge is 0.236 e. The second-order valence-corrected chi connectivity index (χ2v) is 11.6. The van der Waals surface area contributed by atoms with Crippen molar-refractivity contribution in [2.75, 3.05) is 72.6 Å². The molecule has 0 aliphatic carbocycles. The summed E-state index contributed by atoms with van der Waals surface area (Å²) in [7, 11) is 2.16. The largest absolute Gasteiger partial charge is 0.489 e. The van der Waals surface area contributed by atoms with Crippen molar-refractivity contribution in [1.29, 1.82) is 0 Å². The van der Waals surface area contributed by atoms with Crippen LogP contribution >= 0.6 is 0 Å². The van der Waals surface area contributed by atoms with E-state index in [4.69, 9.17) is 4.74 Å². The zero-order valence-corrected chi connectivity index (χ0v) is 23.2. The molecule has 4 aliphatic heterocycles. The van der Waals surface area contributed by atoms with Gasteiger partial charge in [0.15, 0.2) is 0 Å². The number of fused-ring (bicyclic) bond motifs is 3. The van der Waals surface area contributed by atoms with Gasteiger partial charge in [-0.05, 0) is 57.3 Å². The van der Waals surface area contributed by atoms with Crippen molar-refractivity contribution in [2.24, 2.45) is 11.8 Å². The topological polar surface area (TPSA) is 76.6 Å². The van der Waals surface area contributed by atoms with Gasteiger partial charge in [0.05, 0.1) is 6.54 Å². The number of ether oxygens (including phenoxy) is 1. The third kappa shape index (κ3) is 7.00. The van der Waals surface area contributed by atoms with E-state index >= 15 is 0 Å². The van der Waals surface area contributed by atoms with E-state index in [1.54, 1.807) is 4.90 Å². The maximum absolute atomic E-state index is 13.7. The summed E-state index contributed by atoms with van der Waals surface area (Å²) in [6.07, 6.45) is 8.49. The third-order valence-corrected chi connectivity index (χ3v) is 9.02. The van der Waals surface area contributed by atoms with Crippen LogP contribution in [0.2, 0.25) is 0 Å². The van der Waals surface area contributed by atoms with Gasteiger partial charge in [-0.3, -0.25) is 19.3 Å². The van der Waals surface area contributed by atoms with Gasteiger partial charge in [-0.15, -0.1) is 0 Å². The molecule has 2 bridgehead atoms. The Bertz CT molecular complexity index is 1030. The molecule has 1 aromatic rings. The molecule has 1 aromatic carbocycles. The molecule has 5 rings (SSSR count). The first kappa shape index (κ1) is 27.6. The molecular weight excluding hydrogens is 494 g/mol. The molecule has 0 saturated carbocycles. The number of piperidine rings is 2. The van der Waals surface area contributed by atoms with E-state index < -0.39 is 0 Å². The van der Waals surface area contributed by atoms with Gasteiger partial charge in [-0.25, -0.2) is 0 Å². The van der Waals surface area contributed by atoms with Crippen LogP contribution in [0, 0.1) is 11.8 Å². The first-order chi connectivity index (χ1) is 19.0. The van der Waals surface area contributed by atoms with Gasteiger partial charge in [0.1, 0.15) is 12.4 Å². The Hall–Kier alpha value is -2.91. The van der Waals surface area contributed by atoms with Crippen LogP contribution < -0.4 is 4.74 Å². The maximum atomic E-state index is 13.7. The lowest BCUT2D eigenvalue weighted by Crippen LogP contribution is -2.51. The molecular formula is C30H43N5O4. The fourth-order valence-corrected chi connectivity index (χ4v) is 6.47. The molecule has 0 radical (unpaired) electrons. The molecule has 3 fully saturated rings. The zero-order chi connectivity index (χ0) is 27.2. The highest BCUT2D eigenvalue weighted by Crippen LogP contribution is 2.30. The Balaban J connectivity index is 1.31. The molecule has 0 spiro atoms. The Morgan fingerprint density at radius 1 is 1.00 bits per heavy atom. The number of likely N-dealkylation sites (tertiary alicyclic amines) is 1. The minimum absolute atomic E-state index is 0.110. The van der Waals surface area contributed by atoms with Crippen molar-refractivity contribution < 1.29 is 19.1 Å². The predicted molar refractivity (Wildman–Crippen MR) is 149 cm³/mol. The number of hydrogen-bond donors (Lipinski definition) is 0. The standard InChI is InChI=1S/C30H43N5O4/c1-31-11-9-27(10-12-31)35-21-26-5-2-3-7-28(26)39-18-4-6-25-20-34(30(38)22-35)13-8-24(25)19-29(37)33-16-14-32(23-36)15-17-33/h2-7,23-25,27H,8-22H2,1H3/b6-4-/t24-,25-/m0/s1. The summed E-state index contributed by atoms with van der Waals surface area (Å²) in [6.45, 7) is 7.36. The Morgan fingerprint density at radius 2 is 1.77 bits per heavy atom. The number of amides is 3. The number of rotatable bonds is 4. The molecule has 0 unspecified atom stereocenters. The number of hydrogen-bond acceptors (Lipinski definition) is 6. The lowest BCUT2D eigenvalue weighted by molar-refractivity contribution is -0.138. The average molecular weight is 538 g/mol. The number of piperazine rings is 1. The van der Waals surface area contributed by atoms with E-state index in [9.17, 15) is 14.4 Å². The van der Waals surface area contributed by atoms with Crippen molar-refractivity contribution in [3.8, 4) is 5.75 Å². The van der Waals surface area contributed by atoms with E-state index in [1.165, 1.54) is 0 Å². The van der Waals surface area contributed by atoms with Crippen molar-refractivity contribution in [2.45, 2.75) is 38.3 Å². The maximum Gasteiger partial charge on any atom is 0.236 e. The summed E-state index contributed by atoms with van der Waals surface area (Å²) < 4.78 is 6.22. The van der Waals surface area contributed by atoms with E-state index in [1.807, 2.05) is 28.0 Å². The van der Waals surface area contributed by atoms with Gasteiger partial charge in [-0.1, -0.05) is 30.4 Å². The van der Waals surface area contributed by atoms with Crippen LogP contribution in [0.3, 0.4) is 0 Å². The third-order valence-electron chi connectivity index (χ3n) is 9.02. The zero-order valence-electron chi connectivity index (χ0n) is 23.2. The number of benzene rings is 1. The monoisotopic (exact) mass is 537 g/mol. The highest BCUT2D eigenvalue weighted by atomic mass is 16.5. The van der Waals surface area contributed by atoms with Crippen LogP contribution in [0.15, 0.2) is 36.4 Å². The van der Waals surface area contributed by atoms with Crippen LogP contribution in [0.1, 0.15) is 31.2 Å². The first-order valence-corrected chi connectivity index (χ1v) is 14.5. The second-order valence-electron chi connectivity index (χ2n) is 11.6. The first-order valence-electron chi connectivity index (χ1n) is 14.5. The number of nitrogens with zero attached hydrogens (tertiary/aromatic N) is 5. The Kier molecular flexibility index (Phi) is 9.19. The minimum Gasteiger partial charge on any atom is -0.489 e. The van der Waals surface area contributed by atoms with Crippen LogP contribution in [-0.2, 0) is 20.9 Å². The molecule has 4 heterocycles. The molecule has 3 saturated heterocycles. The molecule has 0 aromatic heterocycles. The van der Waals surface area contributed by atoms with Gasteiger partial charge in [0.25, 0.3) is 0 Å². The summed E-state index contributed by atoms with van der Waals surface area (Å²) in [5.41, 5.74) is 1.12. The summed E-state index contributed by atoms with van der Waals surface area (Å²) in [6, 6.07) is 8.54. The summed E-state index contributed by atoms with van der Waals surface area (Å²) in [5.74, 6) is 1.50. The lowest BCUT2D eigenvalue weighted by atomic mass is 9.82. The quantitative estimate of drug-likeness (QED) is 0.430. The van der Waals surface area contributed by atoms with Crippen molar-refractivity contribution in [3.63, 3.8) is 0 Å². The molecule has 0 N–H and O–H groups in total. The predicted octanol–water partition coefficient (Wildman–Crippen LogP) is 1.69. The molecule has 9 nitrogen and oxygen atoms in total. The normalized spacial score (nSPS) is 27.0. The van der Waals surface area contributed by atoms with E-state index in [2.05, 4.69) is 35.1 Å². The van der Waals surface area contributed by atoms with E-state index in [0.29, 0.717) is 71.4 Å². The number of carbonyl (C=O) groups excluding carboxylic acids is 3. The van der Waals surface area contributed by atoms with Crippen molar-refractivity contribution in [3.05, 3.63) is 42.0 Å². The summed E-state index contributed by atoms with van der Waals surface area (Å²) >= 11 is 0. The fraction of sp³-hybridized carbons (Fsp3) is 0.633. The van der Waals surface area contributed by atoms with Crippen LogP contribution in [-0.4, -0.2) is 121 Å².